The van der Waals surface area contributed by atoms with Gasteiger partial charge in [-0.3, -0.25) is 0 Å². The Hall–Kier alpha value is -2.64. The average Bonchev–Trinajstić information content (AvgIpc) is 3.01. The van der Waals surface area contributed by atoms with Crippen LogP contribution in [0.3, 0.4) is 0 Å². The van der Waals surface area contributed by atoms with Gasteiger partial charge >= 0.3 is 0 Å². The highest BCUT2D eigenvalue weighted by atomic mass is 35.5. The van der Waals surface area contributed by atoms with Gasteiger partial charge in [0.25, 0.3) is 0 Å². The molecule has 8 heteroatoms. The minimum absolute atomic E-state index is 0.487. The first-order valence-electron chi connectivity index (χ1n) is 7.91. The summed E-state index contributed by atoms with van der Waals surface area (Å²) in [4.78, 5) is 8.96. The van der Waals surface area contributed by atoms with E-state index < -0.39 is 0 Å². The Bertz CT molecular complexity index is 1090. The van der Waals surface area contributed by atoms with Crippen LogP contribution in [-0.4, -0.2) is 24.7 Å². The second-order valence-corrected chi connectivity index (χ2v) is 7.03. The van der Waals surface area contributed by atoms with Gasteiger partial charge in [0.2, 0.25) is 0 Å². The molecule has 0 saturated heterocycles. The van der Waals surface area contributed by atoms with E-state index in [1.165, 1.54) is 11.8 Å². The number of para-hydroxylation sites is 1. The molecule has 0 radical (unpaired) electrons. The summed E-state index contributed by atoms with van der Waals surface area (Å²) in [6, 6.07) is 15.3. The van der Waals surface area contributed by atoms with Gasteiger partial charge in [0.15, 0.2) is 11.0 Å². The molecular weight excluding hydrogens is 368 g/mol. The topological polar surface area (TPSA) is 82.5 Å². The number of aromatic nitrogens is 5. The summed E-state index contributed by atoms with van der Waals surface area (Å²) in [7, 11) is 1.91. The van der Waals surface area contributed by atoms with Crippen LogP contribution in [0.25, 0.3) is 22.3 Å². The molecule has 4 aromatic rings. The Morgan fingerprint density at radius 1 is 1.04 bits per heavy atom. The highest BCUT2D eigenvalue weighted by Gasteiger charge is 2.14. The molecule has 0 bridgehead atoms. The van der Waals surface area contributed by atoms with Crippen molar-refractivity contribution < 1.29 is 0 Å². The van der Waals surface area contributed by atoms with Gasteiger partial charge in [-0.15, -0.1) is 10.2 Å². The Morgan fingerprint density at radius 2 is 1.81 bits per heavy atom. The Kier molecular flexibility index (Phi) is 4.48. The molecule has 0 saturated carbocycles. The number of nitrogens with two attached hydrogens (primary N) is 1. The van der Waals surface area contributed by atoms with E-state index in [9.17, 15) is 0 Å². The maximum Gasteiger partial charge on any atom is 0.191 e. The quantitative estimate of drug-likeness (QED) is 0.538. The Labute approximate surface area is 159 Å². The van der Waals surface area contributed by atoms with Gasteiger partial charge < -0.3 is 10.3 Å². The van der Waals surface area contributed by atoms with E-state index in [-0.39, 0.29) is 0 Å². The highest BCUT2D eigenvalue weighted by molar-refractivity contribution is 7.98. The number of thioether (sulfide) groups is 1. The van der Waals surface area contributed by atoms with E-state index in [2.05, 4.69) is 20.2 Å². The molecule has 26 heavy (non-hydrogen) atoms. The summed E-state index contributed by atoms with van der Waals surface area (Å²) in [6.07, 6.45) is 0. The largest absolute Gasteiger partial charge is 0.383 e. The van der Waals surface area contributed by atoms with Gasteiger partial charge in [-0.2, -0.15) is 0 Å². The normalized spacial score (nSPS) is 11.2. The average molecular weight is 383 g/mol. The SMILES string of the molecule is Cn1c(SCc2nc(N)c3ccccc3n2)nnc1-c1ccccc1Cl. The number of benzene rings is 2. The maximum absolute atomic E-state index is 6.26. The molecule has 0 spiro atoms. The first kappa shape index (κ1) is 16.8. The van der Waals surface area contributed by atoms with E-state index in [0.717, 1.165) is 27.4 Å². The lowest BCUT2D eigenvalue weighted by atomic mass is 10.2. The van der Waals surface area contributed by atoms with Crippen molar-refractivity contribution in [3.05, 3.63) is 59.4 Å². The Balaban J connectivity index is 1.59. The monoisotopic (exact) mass is 382 g/mol. The van der Waals surface area contributed by atoms with E-state index in [0.29, 0.717) is 22.4 Å². The third-order valence-corrected chi connectivity index (χ3v) is 5.30. The van der Waals surface area contributed by atoms with Gasteiger partial charge in [0, 0.05) is 18.0 Å². The molecule has 130 valence electrons. The van der Waals surface area contributed by atoms with Crippen LogP contribution in [0.15, 0.2) is 53.7 Å². The predicted octanol–water partition coefficient (Wildman–Crippen LogP) is 3.95. The molecule has 2 aromatic carbocycles. The minimum Gasteiger partial charge on any atom is -0.383 e. The molecule has 2 heterocycles. The summed E-state index contributed by atoms with van der Waals surface area (Å²) in [6.45, 7) is 0. The van der Waals surface area contributed by atoms with Crippen LogP contribution in [-0.2, 0) is 12.8 Å². The Morgan fingerprint density at radius 3 is 2.65 bits per heavy atom. The number of nitrogen functional groups attached to an aromatic ring is 1. The molecular formula is C18H15ClN6S. The van der Waals surface area contributed by atoms with E-state index in [4.69, 9.17) is 17.3 Å². The number of hydrogen-bond acceptors (Lipinski definition) is 6. The van der Waals surface area contributed by atoms with E-state index >= 15 is 0 Å². The maximum atomic E-state index is 6.26. The van der Waals surface area contributed by atoms with Crippen molar-refractivity contribution in [1.82, 2.24) is 24.7 Å². The molecule has 0 aliphatic heterocycles. The van der Waals surface area contributed by atoms with Crippen molar-refractivity contribution in [1.29, 1.82) is 0 Å². The van der Waals surface area contributed by atoms with Gasteiger partial charge in [-0.1, -0.05) is 47.6 Å². The molecule has 6 nitrogen and oxygen atoms in total. The van der Waals surface area contributed by atoms with E-state index in [1.807, 2.05) is 60.1 Å². The van der Waals surface area contributed by atoms with Crippen LogP contribution in [0.5, 0.6) is 0 Å². The van der Waals surface area contributed by atoms with Crippen molar-refractivity contribution in [2.75, 3.05) is 5.73 Å². The lowest BCUT2D eigenvalue weighted by Crippen LogP contribution is -2.01. The summed E-state index contributed by atoms with van der Waals surface area (Å²) < 4.78 is 1.91. The number of nitrogens with zero attached hydrogens (tertiary/aromatic N) is 5. The van der Waals surface area contributed by atoms with Crippen LogP contribution in [0.4, 0.5) is 5.82 Å². The fourth-order valence-electron chi connectivity index (χ4n) is 2.66. The molecule has 4 rings (SSSR count). The smallest absolute Gasteiger partial charge is 0.191 e. The predicted molar refractivity (Wildman–Crippen MR) is 105 cm³/mol. The molecule has 0 fully saturated rings. The standard InChI is InChI=1S/C18H15ClN6S/c1-25-17(11-6-2-4-8-13(11)19)23-24-18(25)26-10-15-21-14-9-5-3-7-12(14)16(20)22-15/h2-9H,10H2,1H3,(H2,20,21,22). The highest BCUT2D eigenvalue weighted by Crippen LogP contribution is 2.29. The summed E-state index contributed by atoms with van der Waals surface area (Å²) in [5, 5.41) is 10.8. The summed E-state index contributed by atoms with van der Waals surface area (Å²) in [5.41, 5.74) is 7.73. The summed E-state index contributed by atoms with van der Waals surface area (Å²) in [5.74, 6) is 2.41. The molecule has 0 amide bonds. The fraction of sp³-hybridized carbons (Fsp3) is 0.111. The van der Waals surface area contributed by atoms with Crippen molar-refractivity contribution in [3.8, 4) is 11.4 Å². The van der Waals surface area contributed by atoms with Crippen LogP contribution >= 0.6 is 23.4 Å². The molecule has 2 N–H and O–H groups in total. The zero-order valence-corrected chi connectivity index (χ0v) is 15.5. The first-order valence-corrected chi connectivity index (χ1v) is 9.28. The minimum atomic E-state index is 0.487. The third kappa shape index (κ3) is 3.11. The molecule has 2 aromatic heterocycles. The van der Waals surface area contributed by atoms with Gasteiger partial charge in [0.05, 0.1) is 16.3 Å². The van der Waals surface area contributed by atoms with Crippen molar-refractivity contribution >= 4 is 40.1 Å². The third-order valence-electron chi connectivity index (χ3n) is 3.96. The van der Waals surface area contributed by atoms with Gasteiger partial charge in [-0.05, 0) is 24.3 Å². The number of anilines is 1. The first-order chi connectivity index (χ1) is 12.6. The fourth-order valence-corrected chi connectivity index (χ4v) is 3.65. The lowest BCUT2D eigenvalue weighted by molar-refractivity contribution is 0.793. The number of rotatable bonds is 4. The lowest BCUT2D eigenvalue weighted by Gasteiger charge is -2.06. The van der Waals surface area contributed by atoms with Crippen LogP contribution in [0, 0.1) is 0 Å². The van der Waals surface area contributed by atoms with Crippen LogP contribution in [0.1, 0.15) is 5.82 Å². The van der Waals surface area contributed by atoms with Gasteiger partial charge in [-0.25, -0.2) is 9.97 Å². The van der Waals surface area contributed by atoms with Crippen LogP contribution < -0.4 is 5.73 Å². The second kappa shape index (κ2) is 6.93. The number of halogens is 1. The number of hydrogen-bond donors (Lipinski definition) is 1. The molecule has 0 aliphatic carbocycles. The van der Waals surface area contributed by atoms with E-state index in [1.54, 1.807) is 0 Å². The molecule has 0 atom stereocenters. The van der Waals surface area contributed by atoms with Crippen molar-refractivity contribution in [2.45, 2.75) is 10.9 Å². The van der Waals surface area contributed by atoms with Crippen molar-refractivity contribution in [3.63, 3.8) is 0 Å². The number of fused-ring (bicyclic) bond motifs is 1. The summed E-state index contributed by atoms with van der Waals surface area (Å²) >= 11 is 7.77. The zero-order valence-electron chi connectivity index (χ0n) is 13.9. The van der Waals surface area contributed by atoms with Crippen molar-refractivity contribution in [2.24, 2.45) is 7.05 Å². The van der Waals surface area contributed by atoms with Gasteiger partial charge in [0.1, 0.15) is 11.6 Å². The molecule has 0 aliphatic rings. The molecule has 0 unspecified atom stereocenters. The second-order valence-electron chi connectivity index (χ2n) is 5.68. The zero-order chi connectivity index (χ0) is 18.1. The van der Waals surface area contributed by atoms with Crippen LogP contribution in [0.2, 0.25) is 5.02 Å².